The molecule has 0 atom stereocenters. The Morgan fingerprint density at radius 2 is 2.00 bits per heavy atom. The molecule has 2 aromatic heterocycles. The number of methoxy groups -OCH3 is 1. The Hall–Kier alpha value is -1.68. The fourth-order valence-electron chi connectivity index (χ4n) is 2.11. The summed E-state index contributed by atoms with van der Waals surface area (Å²) in [7, 11) is -1.89. The van der Waals surface area contributed by atoms with E-state index in [2.05, 4.69) is 25.6 Å². The summed E-state index contributed by atoms with van der Waals surface area (Å²) in [6.45, 7) is 0.242. The lowest BCUT2D eigenvalue weighted by molar-refractivity contribution is 0.415. The largest absolute Gasteiger partial charge is 0.497 e. The van der Waals surface area contributed by atoms with Gasteiger partial charge in [-0.05, 0) is 52.3 Å². The number of nitrogens with zero attached hydrogens (tertiary/aromatic N) is 1. The normalized spacial score (nSPS) is 11.6. The number of aromatic nitrogens is 1. The summed E-state index contributed by atoms with van der Waals surface area (Å²) in [5.74, 6) is 1.24. The Bertz CT molecular complexity index is 949. The summed E-state index contributed by atoms with van der Waals surface area (Å²) in [6.07, 6.45) is 1.97. The number of halogens is 1. The van der Waals surface area contributed by atoms with Gasteiger partial charge in [-0.15, -0.1) is 11.3 Å². The highest BCUT2D eigenvalue weighted by molar-refractivity contribution is 9.11. The summed E-state index contributed by atoms with van der Waals surface area (Å²) in [4.78, 5) is 4.39. The maximum atomic E-state index is 12.1. The van der Waals surface area contributed by atoms with Gasteiger partial charge >= 0.3 is 0 Å². The third-order valence-electron chi connectivity index (χ3n) is 3.38. The zero-order valence-corrected chi connectivity index (χ0v) is 16.4. The van der Waals surface area contributed by atoms with Gasteiger partial charge in [-0.2, -0.15) is 0 Å². The molecule has 0 radical (unpaired) electrons. The lowest BCUT2D eigenvalue weighted by Gasteiger charge is -2.02. The number of sulfonamides is 1. The quantitative estimate of drug-likeness (QED) is 0.603. The number of hydrogen-bond acceptors (Lipinski definition) is 6. The number of thiophene rings is 1. The maximum Gasteiger partial charge on any atom is 0.250 e. The van der Waals surface area contributed by atoms with Crippen LogP contribution in [0.2, 0.25) is 0 Å². The third-order valence-corrected chi connectivity index (χ3v) is 6.95. The second-order valence-corrected chi connectivity index (χ2v) is 9.54. The molecule has 0 saturated carbocycles. The van der Waals surface area contributed by atoms with E-state index < -0.39 is 10.0 Å². The highest BCUT2D eigenvalue weighted by Crippen LogP contribution is 2.26. The molecule has 0 bridgehead atoms. The molecule has 0 aliphatic rings. The molecular weight excluding hydrogens is 428 g/mol. The highest BCUT2D eigenvalue weighted by atomic mass is 79.9. The minimum atomic E-state index is -3.50. The predicted molar refractivity (Wildman–Crippen MR) is 99.4 cm³/mol. The Kier molecular flexibility index (Phi) is 5.57. The van der Waals surface area contributed by atoms with Crippen molar-refractivity contribution in [2.24, 2.45) is 0 Å². The van der Waals surface area contributed by atoms with Crippen LogP contribution in [0.3, 0.4) is 0 Å². The van der Waals surface area contributed by atoms with Crippen LogP contribution in [0.15, 0.2) is 55.1 Å². The molecule has 0 aliphatic heterocycles. The first-order valence-electron chi connectivity index (χ1n) is 7.32. The topological polar surface area (TPSA) is 81.4 Å². The van der Waals surface area contributed by atoms with E-state index in [1.807, 2.05) is 24.3 Å². The highest BCUT2D eigenvalue weighted by Gasteiger charge is 2.16. The van der Waals surface area contributed by atoms with E-state index in [0.29, 0.717) is 18.0 Å². The molecule has 0 fully saturated rings. The Balaban J connectivity index is 1.60. The van der Waals surface area contributed by atoms with E-state index in [1.54, 1.807) is 19.2 Å². The van der Waals surface area contributed by atoms with Gasteiger partial charge in [0.25, 0.3) is 0 Å². The standard InChI is InChI=1S/C16H15BrN2O4S2/c1-22-13-4-2-11(3-5-13)16-19-12(10-23-16)8-9-18-25(20,21)15-7-6-14(17)24-15/h2-7,10,18H,8-9H2,1H3. The van der Waals surface area contributed by atoms with E-state index in [1.165, 1.54) is 17.6 Å². The van der Waals surface area contributed by atoms with Crippen LogP contribution in [0.1, 0.15) is 5.69 Å². The molecule has 132 valence electrons. The van der Waals surface area contributed by atoms with Crippen LogP contribution in [0, 0.1) is 0 Å². The van der Waals surface area contributed by atoms with Gasteiger partial charge < -0.3 is 9.15 Å². The number of ether oxygens (including phenoxy) is 1. The van der Waals surface area contributed by atoms with Gasteiger partial charge in [0.1, 0.15) is 16.2 Å². The van der Waals surface area contributed by atoms with E-state index in [4.69, 9.17) is 9.15 Å². The first-order valence-corrected chi connectivity index (χ1v) is 10.4. The van der Waals surface area contributed by atoms with Crippen LogP contribution < -0.4 is 9.46 Å². The van der Waals surface area contributed by atoms with E-state index >= 15 is 0 Å². The average molecular weight is 443 g/mol. The second-order valence-electron chi connectivity index (χ2n) is 5.08. The summed E-state index contributed by atoms with van der Waals surface area (Å²) in [5, 5.41) is 0. The Morgan fingerprint density at radius 1 is 1.24 bits per heavy atom. The second kappa shape index (κ2) is 7.69. The number of rotatable bonds is 7. The summed E-state index contributed by atoms with van der Waals surface area (Å²) >= 11 is 4.43. The maximum absolute atomic E-state index is 12.1. The van der Waals surface area contributed by atoms with Crippen molar-refractivity contribution in [3.8, 4) is 17.2 Å². The van der Waals surface area contributed by atoms with Crippen LogP contribution in [0.5, 0.6) is 5.75 Å². The van der Waals surface area contributed by atoms with Crippen LogP contribution in [0.25, 0.3) is 11.5 Å². The molecule has 0 unspecified atom stereocenters. The fourth-order valence-corrected chi connectivity index (χ4v) is 5.20. The van der Waals surface area contributed by atoms with E-state index in [0.717, 1.165) is 15.1 Å². The van der Waals surface area contributed by atoms with Crippen molar-refractivity contribution < 1.29 is 17.6 Å². The minimum absolute atomic E-state index is 0.242. The summed E-state index contributed by atoms with van der Waals surface area (Å²) in [5.41, 5.74) is 1.51. The van der Waals surface area contributed by atoms with Crippen molar-refractivity contribution in [3.05, 3.63) is 52.1 Å². The zero-order chi connectivity index (χ0) is 17.9. The Morgan fingerprint density at radius 3 is 2.64 bits per heavy atom. The van der Waals surface area contributed by atoms with Crippen molar-refractivity contribution in [1.82, 2.24) is 9.71 Å². The SMILES string of the molecule is COc1ccc(-c2nc(CCNS(=O)(=O)c3ccc(Br)s3)co2)cc1. The van der Waals surface area contributed by atoms with Gasteiger partial charge in [0.2, 0.25) is 15.9 Å². The molecular formula is C16H15BrN2O4S2. The third kappa shape index (κ3) is 4.49. The molecule has 2 heterocycles. The molecule has 3 aromatic rings. The van der Waals surface area contributed by atoms with E-state index in [-0.39, 0.29) is 10.8 Å². The predicted octanol–water partition coefficient (Wildman–Crippen LogP) is 3.70. The van der Waals surface area contributed by atoms with Crippen LogP contribution >= 0.6 is 27.3 Å². The minimum Gasteiger partial charge on any atom is -0.497 e. The molecule has 1 N–H and O–H groups in total. The van der Waals surface area contributed by atoms with Crippen LogP contribution in [-0.2, 0) is 16.4 Å². The van der Waals surface area contributed by atoms with Gasteiger partial charge in [-0.1, -0.05) is 0 Å². The number of oxazole rings is 1. The van der Waals surface area contributed by atoms with Gasteiger partial charge in [-0.3, -0.25) is 0 Å². The smallest absolute Gasteiger partial charge is 0.250 e. The van der Waals surface area contributed by atoms with Gasteiger partial charge in [0, 0.05) is 18.5 Å². The fraction of sp³-hybridized carbons (Fsp3) is 0.188. The molecule has 0 spiro atoms. The number of benzene rings is 1. The molecule has 0 saturated heterocycles. The molecule has 25 heavy (non-hydrogen) atoms. The number of hydrogen-bond donors (Lipinski definition) is 1. The zero-order valence-electron chi connectivity index (χ0n) is 13.2. The van der Waals surface area contributed by atoms with Crippen molar-refractivity contribution in [1.29, 1.82) is 0 Å². The summed E-state index contributed by atoms with van der Waals surface area (Å²) < 4.78 is 38.5. The molecule has 1 aromatic carbocycles. The van der Waals surface area contributed by atoms with Crippen molar-refractivity contribution >= 4 is 37.3 Å². The molecule has 0 amide bonds. The van der Waals surface area contributed by atoms with Gasteiger partial charge in [0.05, 0.1) is 16.6 Å². The van der Waals surface area contributed by atoms with Gasteiger partial charge in [0.15, 0.2) is 0 Å². The van der Waals surface area contributed by atoms with Crippen molar-refractivity contribution in [3.63, 3.8) is 0 Å². The Labute approximate surface area is 158 Å². The first kappa shape index (κ1) is 18.1. The number of nitrogens with one attached hydrogen (secondary N) is 1. The van der Waals surface area contributed by atoms with E-state index in [9.17, 15) is 8.42 Å². The van der Waals surface area contributed by atoms with Crippen molar-refractivity contribution in [2.45, 2.75) is 10.6 Å². The molecule has 9 heteroatoms. The lowest BCUT2D eigenvalue weighted by atomic mass is 10.2. The van der Waals surface area contributed by atoms with Crippen LogP contribution in [0.4, 0.5) is 0 Å². The lowest BCUT2D eigenvalue weighted by Crippen LogP contribution is -2.25. The van der Waals surface area contributed by atoms with Crippen molar-refractivity contribution in [2.75, 3.05) is 13.7 Å². The summed E-state index contributed by atoms with van der Waals surface area (Å²) in [6, 6.07) is 10.6. The average Bonchev–Trinajstić information content (AvgIpc) is 3.24. The first-order chi connectivity index (χ1) is 12.0. The monoisotopic (exact) mass is 442 g/mol. The molecule has 0 aliphatic carbocycles. The van der Waals surface area contributed by atoms with Gasteiger partial charge in [-0.25, -0.2) is 18.1 Å². The molecule has 3 rings (SSSR count). The van der Waals surface area contributed by atoms with Crippen LogP contribution in [-0.4, -0.2) is 27.1 Å². The molecule has 6 nitrogen and oxygen atoms in total.